The van der Waals surface area contributed by atoms with E-state index in [1.807, 2.05) is 13.1 Å². The summed E-state index contributed by atoms with van der Waals surface area (Å²) < 4.78 is 0. The quantitative estimate of drug-likeness (QED) is 0.475. The highest BCUT2D eigenvalue weighted by atomic mass is 35.5. The maximum Gasteiger partial charge on any atom is 0.190 e. The number of nitrogens with one attached hydrogen (secondary N) is 2. The number of hydrogen-bond acceptors (Lipinski definition) is 2. The normalized spacial score (nSPS) is 18.3. The molecule has 1 heterocycles. The van der Waals surface area contributed by atoms with Crippen LogP contribution in [0.4, 0.5) is 5.69 Å². The number of aryl methyl sites for hydroxylation is 1. The molecule has 1 atom stereocenters. The van der Waals surface area contributed by atoms with Crippen molar-refractivity contribution in [2.75, 3.05) is 38.1 Å². The first-order valence-corrected chi connectivity index (χ1v) is 8.97. The molecule has 23 heavy (non-hydrogen) atoms. The van der Waals surface area contributed by atoms with E-state index in [1.165, 1.54) is 30.5 Å². The minimum Gasteiger partial charge on any atom is -0.371 e. The number of guanidine groups is 1. The van der Waals surface area contributed by atoms with Gasteiger partial charge in [0.2, 0.25) is 0 Å². The summed E-state index contributed by atoms with van der Waals surface area (Å²) in [6.07, 6.45) is 3.57. The van der Waals surface area contributed by atoms with Crippen molar-refractivity contribution >= 4 is 23.2 Å². The van der Waals surface area contributed by atoms with Crippen LogP contribution in [0.25, 0.3) is 0 Å². The number of benzene rings is 1. The Morgan fingerprint density at radius 3 is 2.96 bits per heavy atom. The van der Waals surface area contributed by atoms with Gasteiger partial charge in [0.05, 0.1) is 0 Å². The van der Waals surface area contributed by atoms with Crippen LogP contribution in [-0.2, 0) is 0 Å². The zero-order valence-corrected chi connectivity index (χ0v) is 15.3. The molecular weight excluding hydrogens is 308 g/mol. The number of aliphatic imine (C=N–C) groups is 1. The fourth-order valence-corrected chi connectivity index (χ4v) is 3.15. The van der Waals surface area contributed by atoms with Crippen LogP contribution in [0.15, 0.2) is 23.2 Å². The van der Waals surface area contributed by atoms with Gasteiger partial charge in [-0.3, -0.25) is 4.99 Å². The van der Waals surface area contributed by atoms with Crippen molar-refractivity contribution in [1.82, 2.24) is 10.6 Å². The van der Waals surface area contributed by atoms with Crippen LogP contribution >= 0.6 is 11.6 Å². The van der Waals surface area contributed by atoms with Crippen molar-refractivity contribution in [2.24, 2.45) is 10.9 Å². The molecule has 1 unspecified atom stereocenters. The number of unbranched alkanes of at least 4 members (excludes halogenated alkanes) is 1. The fourth-order valence-electron chi connectivity index (χ4n) is 2.99. The third-order valence-corrected chi connectivity index (χ3v) is 4.64. The molecule has 1 fully saturated rings. The molecule has 1 aromatic rings. The van der Waals surface area contributed by atoms with Gasteiger partial charge < -0.3 is 15.5 Å². The van der Waals surface area contributed by atoms with Crippen LogP contribution in [0.5, 0.6) is 0 Å². The van der Waals surface area contributed by atoms with E-state index in [0.717, 1.165) is 37.2 Å². The molecule has 1 saturated heterocycles. The second-order valence-corrected chi connectivity index (χ2v) is 6.70. The smallest absolute Gasteiger partial charge is 0.190 e. The highest BCUT2D eigenvalue weighted by molar-refractivity contribution is 6.30. The number of halogens is 1. The summed E-state index contributed by atoms with van der Waals surface area (Å²) in [5.74, 6) is 1.55. The molecule has 2 rings (SSSR count). The van der Waals surface area contributed by atoms with Crippen LogP contribution in [0, 0.1) is 12.8 Å². The van der Waals surface area contributed by atoms with Gasteiger partial charge in [-0.05, 0) is 43.4 Å². The molecule has 4 nitrogen and oxygen atoms in total. The number of rotatable bonds is 6. The van der Waals surface area contributed by atoms with Crippen LogP contribution in [0.3, 0.4) is 0 Å². The van der Waals surface area contributed by atoms with E-state index >= 15 is 0 Å². The maximum absolute atomic E-state index is 6.15. The Balaban J connectivity index is 1.82. The number of nitrogens with zero attached hydrogens (tertiary/aromatic N) is 2. The van der Waals surface area contributed by atoms with Crippen molar-refractivity contribution < 1.29 is 0 Å². The average molecular weight is 337 g/mol. The minimum atomic E-state index is 0.637. The fraction of sp³-hybridized carbons (Fsp3) is 0.611. The Hall–Kier alpha value is -1.42. The molecule has 0 bridgehead atoms. The summed E-state index contributed by atoms with van der Waals surface area (Å²) >= 11 is 6.15. The molecule has 0 aliphatic carbocycles. The first-order chi connectivity index (χ1) is 11.1. The molecule has 1 aliphatic rings. The SMILES string of the molecule is CCCCNC(=NC)NCC1CCN(c2cc(Cl)ccc2C)C1. The molecular formula is C18H29ClN4. The molecule has 0 aromatic heterocycles. The molecule has 2 N–H and O–H groups in total. The van der Waals surface area contributed by atoms with Gasteiger partial charge in [-0.1, -0.05) is 31.0 Å². The predicted molar refractivity (Wildman–Crippen MR) is 101 cm³/mol. The lowest BCUT2D eigenvalue weighted by Crippen LogP contribution is -2.40. The summed E-state index contributed by atoms with van der Waals surface area (Å²) in [7, 11) is 1.83. The molecule has 0 amide bonds. The summed E-state index contributed by atoms with van der Waals surface area (Å²) in [5, 5.41) is 7.63. The van der Waals surface area contributed by atoms with Gasteiger partial charge in [-0.2, -0.15) is 0 Å². The van der Waals surface area contributed by atoms with Crippen molar-refractivity contribution in [1.29, 1.82) is 0 Å². The molecule has 128 valence electrons. The summed E-state index contributed by atoms with van der Waals surface area (Å²) in [6, 6.07) is 6.14. The summed E-state index contributed by atoms with van der Waals surface area (Å²) in [6.45, 7) is 8.45. The van der Waals surface area contributed by atoms with Gasteiger partial charge in [0.1, 0.15) is 0 Å². The van der Waals surface area contributed by atoms with E-state index in [4.69, 9.17) is 11.6 Å². The van der Waals surface area contributed by atoms with Gasteiger partial charge in [0.15, 0.2) is 5.96 Å². The Kier molecular flexibility index (Phi) is 7.03. The zero-order chi connectivity index (χ0) is 16.7. The lowest BCUT2D eigenvalue weighted by atomic mass is 10.1. The van der Waals surface area contributed by atoms with Crippen molar-refractivity contribution in [3.8, 4) is 0 Å². The number of anilines is 1. The van der Waals surface area contributed by atoms with Crippen LogP contribution < -0.4 is 15.5 Å². The second-order valence-electron chi connectivity index (χ2n) is 6.26. The minimum absolute atomic E-state index is 0.637. The van der Waals surface area contributed by atoms with E-state index in [2.05, 4.69) is 46.5 Å². The molecule has 5 heteroatoms. The number of hydrogen-bond donors (Lipinski definition) is 2. The lowest BCUT2D eigenvalue weighted by molar-refractivity contribution is 0.564. The topological polar surface area (TPSA) is 39.7 Å². The van der Waals surface area contributed by atoms with Crippen molar-refractivity contribution in [2.45, 2.75) is 33.1 Å². The van der Waals surface area contributed by atoms with Crippen molar-refractivity contribution in [3.05, 3.63) is 28.8 Å². The first kappa shape index (κ1) is 17.9. The molecule has 0 spiro atoms. The Bertz CT molecular complexity index is 530. The standard InChI is InChI=1S/C18H29ClN4/c1-4-5-9-21-18(20-3)22-12-15-8-10-23(13-15)17-11-16(19)7-6-14(17)2/h6-7,11,15H,4-5,8-10,12-13H2,1-3H3,(H2,20,21,22). The van der Waals surface area contributed by atoms with Gasteiger partial charge >= 0.3 is 0 Å². The van der Waals surface area contributed by atoms with E-state index in [9.17, 15) is 0 Å². The highest BCUT2D eigenvalue weighted by Crippen LogP contribution is 2.29. The molecule has 1 aromatic carbocycles. The van der Waals surface area contributed by atoms with E-state index < -0.39 is 0 Å². The Morgan fingerprint density at radius 2 is 2.22 bits per heavy atom. The Labute approximate surface area is 145 Å². The maximum atomic E-state index is 6.15. The molecule has 0 saturated carbocycles. The van der Waals surface area contributed by atoms with Gasteiger partial charge in [-0.25, -0.2) is 0 Å². The van der Waals surface area contributed by atoms with Gasteiger partial charge in [0, 0.05) is 43.9 Å². The summed E-state index contributed by atoms with van der Waals surface area (Å²) in [5.41, 5.74) is 2.56. The third-order valence-electron chi connectivity index (χ3n) is 4.40. The average Bonchev–Trinajstić information content (AvgIpc) is 3.02. The predicted octanol–water partition coefficient (Wildman–Crippen LogP) is 3.44. The van der Waals surface area contributed by atoms with Crippen LogP contribution in [0.1, 0.15) is 31.7 Å². The van der Waals surface area contributed by atoms with Gasteiger partial charge in [-0.15, -0.1) is 0 Å². The van der Waals surface area contributed by atoms with E-state index in [-0.39, 0.29) is 0 Å². The van der Waals surface area contributed by atoms with Gasteiger partial charge in [0.25, 0.3) is 0 Å². The molecule has 0 radical (unpaired) electrons. The largest absolute Gasteiger partial charge is 0.371 e. The highest BCUT2D eigenvalue weighted by Gasteiger charge is 2.23. The Morgan fingerprint density at radius 1 is 1.39 bits per heavy atom. The summed E-state index contributed by atoms with van der Waals surface area (Å²) in [4.78, 5) is 6.73. The van der Waals surface area contributed by atoms with Crippen LogP contribution in [0.2, 0.25) is 5.02 Å². The monoisotopic (exact) mass is 336 g/mol. The second kappa shape index (κ2) is 9.02. The zero-order valence-electron chi connectivity index (χ0n) is 14.5. The van der Waals surface area contributed by atoms with E-state index in [0.29, 0.717) is 5.92 Å². The van der Waals surface area contributed by atoms with Crippen LogP contribution in [-0.4, -0.2) is 39.2 Å². The third kappa shape index (κ3) is 5.31. The van der Waals surface area contributed by atoms with E-state index in [1.54, 1.807) is 0 Å². The molecule has 1 aliphatic heterocycles. The van der Waals surface area contributed by atoms with Crippen molar-refractivity contribution in [3.63, 3.8) is 0 Å². The lowest BCUT2D eigenvalue weighted by Gasteiger charge is -2.21. The first-order valence-electron chi connectivity index (χ1n) is 8.59.